The first kappa shape index (κ1) is 16.1. The summed E-state index contributed by atoms with van der Waals surface area (Å²) in [5.41, 5.74) is 7.31. The summed E-state index contributed by atoms with van der Waals surface area (Å²) in [5, 5.41) is 4.27. The van der Waals surface area contributed by atoms with Crippen molar-refractivity contribution in [3.63, 3.8) is 0 Å². The molecule has 1 aliphatic carbocycles. The molecule has 128 valence electrons. The second-order valence-electron chi connectivity index (χ2n) is 6.78. The van der Waals surface area contributed by atoms with E-state index in [1.54, 1.807) is 0 Å². The molecule has 2 aliphatic rings. The second kappa shape index (κ2) is 6.86. The Morgan fingerprint density at radius 2 is 1.83 bits per heavy atom. The first-order chi connectivity index (χ1) is 11.8. The van der Waals surface area contributed by atoms with Crippen LogP contribution in [0.4, 0.5) is 0 Å². The Bertz CT molecular complexity index is 663. The van der Waals surface area contributed by atoms with Crippen molar-refractivity contribution in [3.8, 4) is 0 Å². The molecule has 1 saturated carbocycles. The van der Waals surface area contributed by atoms with Gasteiger partial charge in [0.2, 0.25) is 5.89 Å². The van der Waals surface area contributed by atoms with Gasteiger partial charge >= 0.3 is 0 Å². The summed E-state index contributed by atoms with van der Waals surface area (Å²) in [6.45, 7) is 2.07. The molecule has 24 heavy (non-hydrogen) atoms. The van der Waals surface area contributed by atoms with Gasteiger partial charge in [-0.1, -0.05) is 48.3 Å². The SMILES string of the molecule is NC1(c2noc(C(c3ccccc3)N3CCSCC3)n2)CCCC1. The molecule has 6 heteroatoms. The van der Waals surface area contributed by atoms with Crippen molar-refractivity contribution in [3.05, 3.63) is 47.6 Å². The fourth-order valence-corrected chi connectivity index (χ4v) is 4.69. The number of nitrogens with two attached hydrogens (primary N) is 1. The normalized spacial score (nSPS) is 22.5. The van der Waals surface area contributed by atoms with Gasteiger partial charge in [0.15, 0.2) is 5.82 Å². The molecule has 2 heterocycles. The van der Waals surface area contributed by atoms with Crippen molar-refractivity contribution in [2.24, 2.45) is 5.73 Å². The van der Waals surface area contributed by atoms with Crippen LogP contribution in [-0.2, 0) is 5.54 Å². The van der Waals surface area contributed by atoms with Crippen molar-refractivity contribution >= 4 is 11.8 Å². The highest BCUT2D eigenvalue weighted by Gasteiger charge is 2.37. The van der Waals surface area contributed by atoms with E-state index >= 15 is 0 Å². The molecule has 1 aromatic heterocycles. The maximum atomic E-state index is 6.51. The van der Waals surface area contributed by atoms with Gasteiger partial charge in [-0.05, 0) is 18.4 Å². The van der Waals surface area contributed by atoms with Crippen LogP contribution in [0, 0.1) is 0 Å². The Balaban J connectivity index is 1.67. The summed E-state index contributed by atoms with van der Waals surface area (Å²) in [7, 11) is 0. The van der Waals surface area contributed by atoms with Crippen molar-refractivity contribution in [2.75, 3.05) is 24.6 Å². The summed E-state index contributed by atoms with van der Waals surface area (Å²) in [5.74, 6) is 3.65. The predicted octanol–water partition coefficient (Wildman–Crippen LogP) is 2.94. The second-order valence-corrected chi connectivity index (χ2v) is 8.01. The zero-order valence-electron chi connectivity index (χ0n) is 13.9. The predicted molar refractivity (Wildman–Crippen MR) is 95.8 cm³/mol. The minimum absolute atomic E-state index is 0.0263. The Morgan fingerprint density at radius 1 is 1.12 bits per heavy atom. The van der Waals surface area contributed by atoms with Gasteiger partial charge < -0.3 is 10.3 Å². The van der Waals surface area contributed by atoms with Crippen LogP contribution in [0.1, 0.15) is 49.0 Å². The number of rotatable bonds is 4. The lowest BCUT2D eigenvalue weighted by atomic mass is 9.98. The summed E-state index contributed by atoms with van der Waals surface area (Å²) in [4.78, 5) is 7.21. The summed E-state index contributed by atoms with van der Waals surface area (Å²) < 4.78 is 5.72. The highest BCUT2D eigenvalue weighted by Crippen LogP contribution is 2.36. The maximum absolute atomic E-state index is 6.51. The molecule has 1 atom stereocenters. The fraction of sp³-hybridized carbons (Fsp3) is 0.556. The molecule has 0 spiro atoms. The third-order valence-electron chi connectivity index (χ3n) is 5.14. The van der Waals surface area contributed by atoms with Crippen LogP contribution >= 0.6 is 11.8 Å². The number of nitrogens with zero attached hydrogens (tertiary/aromatic N) is 3. The molecule has 4 rings (SSSR count). The molecular weight excluding hydrogens is 320 g/mol. The van der Waals surface area contributed by atoms with Crippen molar-refractivity contribution in [1.29, 1.82) is 0 Å². The monoisotopic (exact) mass is 344 g/mol. The van der Waals surface area contributed by atoms with Gasteiger partial charge in [0.1, 0.15) is 6.04 Å². The molecule has 1 aliphatic heterocycles. The Morgan fingerprint density at radius 3 is 2.54 bits per heavy atom. The van der Waals surface area contributed by atoms with Crippen molar-refractivity contribution in [1.82, 2.24) is 15.0 Å². The van der Waals surface area contributed by atoms with E-state index < -0.39 is 5.54 Å². The lowest BCUT2D eigenvalue weighted by Gasteiger charge is -2.32. The molecule has 1 unspecified atom stereocenters. The van der Waals surface area contributed by atoms with Gasteiger partial charge in [0.05, 0.1) is 5.54 Å². The Labute approximate surface area is 147 Å². The van der Waals surface area contributed by atoms with Crippen LogP contribution < -0.4 is 5.73 Å². The van der Waals surface area contributed by atoms with Crippen LogP contribution in [0.25, 0.3) is 0 Å². The quantitative estimate of drug-likeness (QED) is 0.920. The number of hydrogen-bond donors (Lipinski definition) is 1. The lowest BCUT2D eigenvalue weighted by molar-refractivity contribution is 0.203. The van der Waals surface area contributed by atoms with Crippen molar-refractivity contribution in [2.45, 2.75) is 37.3 Å². The van der Waals surface area contributed by atoms with E-state index in [0.717, 1.165) is 50.3 Å². The molecular formula is C18H24N4OS. The molecule has 1 saturated heterocycles. The first-order valence-electron chi connectivity index (χ1n) is 8.76. The molecule has 5 nitrogen and oxygen atoms in total. The largest absolute Gasteiger partial charge is 0.337 e. The van der Waals surface area contributed by atoms with E-state index in [4.69, 9.17) is 15.2 Å². The Kier molecular flexibility index (Phi) is 4.61. The van der Waals surface area contributed by atoms with E-state index in [0.29, 0.717) is 11.7 Å². The molecule has 2 N–H and O–H groups in total. The number of thioether (sulfide) groups is 1. The van der Waals surface area contributed by atoms with Crippen LogP contribution in [0.15, 0.2) is 34.9 Å². The molecule has 0 amide bonds. The van der Waals surface area contributed by atoms with Crippen molar-refractivity contribution < 1.29 is 4.52 Å². The van der Waals surface area contributed by atoms with Crippen LogP contribution in [0.2, 0.25) is 0 Å². The topological polar surface area (TPSA) is 68.2 Å². The average molecular weight is 344 g/mol. The number of aromatic nitrogens is 2. The van der Waals surface area contributed by atoms with Crippen LogP contribution in [0.3, 0.4) is 0 Å². The highest BCUT2D eigenvalue weighted by molar-refractivity contribution is 7.99. The first-order valence-corrected chi connectivity index (χ1v) is 9.91. The van der Waals surface area contributed by atoms with Gasteiger partial charge in [0.25, 0.3) is 0 Å². The summed E-state index contributed by atoms with van der Waals surface area (Å²) in [6, 6.07) is 10.5. The highest BCUT2D eigenvalue weighted by atomic mass is 32.2. The minimum Gasteiger partial charge on any atom is -0.337 e. The lowest BCUT2D eigenvalue weighted by Crippen LogP contribution is -2.37. The van der Waals surface area contributed by atoms with Crippen LogP contribution in [0.5, 0.6) is 0 Å². The van der Waals surface area contributed by atoms with E-state index in [1.807, 2.05) is 17.8 Å². The Hall–Kier alpha value is -1.37. The smallest absolute Gasteiger partial charge is 0.248 e. The van der Waals surface area contributed by atoms with Gasteiger partial charge in [-0.3, -0.25) is 4.90 Å². The standard InChI is InChI=1S/C18H24N4OS/c19-18(8-4-5-9-18)17-20-16(23-21-17)15(14-6-2-1-3-7-14)22-10-12-24-13-11-22/h1-3,6-7,15H,4-5,8-13,19H2. The molecule has 1 aromatic carbocycles. The molecule has 2 aromatic rings. The van der Waals surface area contributed by atoms with Gasteiger partial charge in [-0.25, -0.2) is 0 Å². The van der Waals surface area contributed by atoms with Gasteiger partial charge in [0, 0.05) is 24.6 Å². The zero-order valence-corrected chi connectivity index (χ0v) is 14.7. The molecule has 0 bridgehead atoms. The molecule has 2 fully saturated rings. The van der Waals surface area contributed by atoms with Gasteiger partial charge in [-0.15, -0.1) is 0 Å². The van der Waals surface area contributed by atoms with Gasteiger partial charge in [-0.2, -0.15) is 16.7 Å². The van der Waals surface area contributed by atoms with E-state index in [2.05, 4.69) is 34.3 Å². The average Bonchev–Trinajstić information content (AvgIpc) is 3.28. The van der Waals surface area contributed by atoms with Crippen LogP contribution in [-0.4, -0.2) is 39.6 Å². The van der Waals surface area contributed by atoms with E-state index in [1.165, 1.54) is 5.56 Å². The maximum Gasteiger partial charge on any atom is 0.248 e. The fourth-order valence-electron chi connectivity index (χ4n) is 3.76. The minimum atomic E-state index is -0.402. The number of hydrogen-bond acceptors (Lipinski definition) is 6. The summed E-state index contributed by atoms with van der Waals surface area (Å²) >= 11 is 2.00. The molecule has 0 radical (unpaired) electrons. The summed E-state index contributed by atoms with van der Waals surface area (Å²) in [6.07, 6.45) is 4.18. The van der Waals surface area contributed by atoms with E-state index in [-0.39, 0.29) is 6.04 Å². The number of benzene rings is 1. The third-order valence-corrected chi connectivity index (χ3v) is 6.09. The zero-order chi connectivity index (χ0) is 16.4. The van der Waals surface area contributed by atoms with E-state index in [9.17, 15) is 0 Å². The third kappa shape index (κ3) is 3.10.